The maximum absolute atomic E-state index is 12.6. The summed E-state index contributed by atoms with van der Waals surface area (Å²) < 4.78 is 0. The summed E-state index contributed by atoms with van der Waals surface area (Å²) in [5, 5.41) is 2.84. The van der Waals surface area contributed by atoms with E-state index in [2.05, 4.69) is 17.5 Å². The minimum Gasteiger partial charge on any atom is -0.326 e. The van der Waals surface area contributed by atoms with E-state index in [-0.39, 0.29) is 54.4 Å². The molecule has 1 aliphatic heterocycles. The summed E-state index contributed by atoms with van der Waals surface area (Å²) >= 11 is 0. The zero-order valence-corrected chi connectivity index (χ0v) is 13.6. The summed E-state index contributed by atoms with van der Waals surface area (Å²) in [6, 6.07) is 7.54. The van der Waals surface area contributed by atoms with E-state index in [1.165, 1.54) is 4.90 Å². The van der Waals surface area contributed by atoms with E-state index < -0.39 is 0 Å². The number of para-hydroxylation sites is 1. The fraction of sp³-hybridized carbons (Fsp3) is 0.421. The highest BCUT2D eigenvalue weighted by molar-refractivity contribution is 6.06. The number of carbonyl (C=O) groups is 3. The molecule has 5 nitrogen and oxygen atoms in total. The second-order valence-corrected chi connectivity index (χ2v) is 6.94. The molecule has 3 aliphatic rings. The third kappa shape index (κ3) is 2.27. The van der Waals surface area contributed by atoms with Gasteiger partial charge in [-0.15, -0.1) is 0 Å². The molecule has 0 aromatic heterocycles. The lowest BCUT2D eigenvalue weighted by Gasteiger charge is -2.17. The smallest absolute Gasteiger partial charge is 0.233 e. The van der Waals surface area contributed by atoms with E-state index in [0.717, 1.165) is 17.7 Å². The molecular formula is C19H20N2O3. The number of fused-ring (bicyclic) bond motifs is 5. The van der Waals surface area contributed by atoms with Crippen molar-refractivity contribution in [1.29, 1.82) is 0 Å². The van der Waals surface area contributed by atoms with Crippen molar-refractivity contribution in [1.82, 2.24) is 4.90 Å². The van der Waals surface area contributed by atoms with Gasteiger partial charge in [-0.05, 0) is 36.8 Å². The number of amides is 3. The van der Waals surface area contributed by atoms with Gasteiger partial charge in [0.05, 0.1) is 11.8 Å². The van der Waals surface area contributed by atoms with Crippen LogP contribution in [0, 0.1) is 30.6 Å². The van der Waals surface area contributed by atoms with Crippen LogP contribution in [-0.4, -0.2) is 29.2 Å². The second-order valence-electron chi connectivity index (χ2n) is 6.94. The minimum absolute atomic E-state index is 0.0921. The fourth-order valence-corrected chi connectivity index (χ4v) is 4.32. The van der Waals surface area contributed by atoms with Crippen molar-refractivity contribution < 1.29 is 14.4 Å². The Morgan fingerprint density at radius 1 is 1.12 bits per heavy atom. The first-order valence-corrected chi connectivity index (χ1v) is 8.45. The van der Waals surface area contributed by atoms with Gasteiger partial charge in [0, 0.05) is 18.7 Å². The maximum Gasteiger partial charge on any atom is 0.233 e. The lowest BCUT2D eigenvalue weighted by molar-refractivity contribution is -0.140. The lowest BCUT2D eigenvalue weighted by Crippen LogP contribution is -2.35. The standard InChI is InChI=1S/C19H20N2O3/c1-11-4-2-3-5-14(11)20-15(22)8-9-21-18(23)16-12-6-7-13(10-12)17(16)19(21)24/h2-7,12-13,16-17H,8-10H2,1H3,(H,20,22). The number of benzene rings is 1. The Hall–Kier alpha value is -2.43. The molecule has 2 aliphatic carbocycles. The van der Waals surface area contributed by atoms with Gasteiger partial charge in [0.1, 0.15) is 0 Å². The Balaban J connectivity index is 1.38. The zero-order chi connectivity index (χ0) is 16.8. The number of anilines is 1. The van der Waals surface area contributed by atoms with Crippen molar-refractivity contribution in [3.63, 3.8) is 0 Å². The number of rotatable bonds is 4. The molecule has 5 heteroatoms. The van der Waals surface area contributed by atoms with E-state index in [1.807, 2.05) is 31.2 Å². The molecule has 24 heavy (non-hydrogen) atoms. The van der Waals surface area contributed by atoms with Gasteiger partial charge < -0.3 is 5.32 Å². The fourth-order valence-electron chi connectivity index (χ4n) is 4.32. The van der Waals surface area contributed by atoms with Crippen molar-refractivity contribution in [3.8, 4) is 0 Å². The molecule has 1 aromatic carbocycles. The molecule has 2 fully saturated rings. The number of hydrogen-bond acceptors (Lipinski definition) is 3. The molecule has 0 radical (unpaired) electrons. The van der Waals surface area contributed by atoms with Crippen LogP contribution in [0.3, 0.4) is 0 Å². The van der Waals surface area contributed by atoms with Crippen molar-refractivity contribution in [3.05, 3.63) is 42.0 Å². The average molecular weight is 324 g/mol. The van der Waals surface area contributed by atoms with Crippen LogP contribution in [0.4, 0.5) is 5.69 Å². The van der Waals surface area contributed by atoms with Crippen LogP contribution in [0.1, 0.15) is 18.4 Å². The van der Waals surface area contributed by atoms with E-state index in [1.54, 1.807) is 0 Å². The summed E-state index contributed by atoms with van der Waals surface area (Å²) in [6.07, 6.45) is 5.21. The van der Waals surface area contributed by atoms with E-state index in [0.29, 0.717) is 0 Å². The van der Waals surface area contributed by atoms with E-state index in [4.69, 9.17) is 0 Å². The third-order valence-corrected chi connectivity index (χ3v) is 5.54. The molecule has 1 aromatic rings. The highest BCUT2D eigenvalue weighted by Gasteiger charge is 2.58. The first kappa shape index (κ1) is 15.1. The van der Waals surface area contributed by atoms with Gasteiger partial charge in [-0.25, -0.2) is 0 Å². The molecule has 4 rings (SSSR count). The third-order valence-electron chi connectivity index (χ3n) is 5.54. The number of nitrogens with one attached hydrogen (secondary N) is 1. The van der Waals surface area contributed by atoms with Crippen molar-refractivity contribution in [2.24, 2.45) is 23.7 Å². The molecule has 4 unspecified atom stereocenters. The van der Waals surface area contributed by atoms with Gasteiger partial charge in [-0.1, -0.05) is 30.4 Å². The summed E-state index contributed by atoms with van der Waals surface area (Å²) in [6.45, 7) is 2.09. The van der Waals surface area contributed by atoms with Crippen molar-refractivity contribution >= 4 is 23.4 Å². The Morgan fingerprint density at radius 3 is 2.38 bits per heavy atom. The number of hydrogen-bond donors (Lipinski definition) is 1. The van der Waals surface area contributed by atoms with Crippen LogP contribution in [0.2, 0.25) is 0 Å². The highest BCUT2D eigenvalue weighted by atomic mass is 16.2. The summed E-state index contributed by atoms with van der Waals surface area (Å²) in [5.41, 5.74) is 1.75. The normalized spacial score (nSPS) is 30.1. The number of likely N-dealkylation sites (tertiary alicyclic amines) is 1. The van der Waals surface area contributed by atoms with Crippen LogP contribution in [0.25, 0.3) is 0 Å². The molecule has 3 amide bonds. The van der Waals surface area contributed by atoms with Crippen molar-refractivity contribution in [2.45, 2.75) is 19.8 Å². The molecule has 4 atom stereocenters. The van der Waals surface area contributed by atoms with Crippen LogP contribution in [0.5, 0.6) is 0 Å². The van der Waals surface area contributed by atoms with Gasteiger partial charge in [-0.3, -0.25) is 19.3 Å². The molecule has 0 spiro atoms. The monoisotopic (exact) mass is 324 g/mol. The zero-order valence-electron chi connectivity index (χ0n) is 13.6. The number of imide groups is 1. The number of nitrogens with zero attached hydrogens (tertiary/aromatic N) is 1. The number of aryl methyl sites for hydroxylation is 1. The highest BCUT2D eigenvalue weighted by Crippen LogP contribution is 2.52. The van der Waals surface area contributed by atoms with Crippen LogP contribution >= 0.6 is 0 Å². The molecule has 1 heterocycles. The van der Waals surface area contributed by atoms with Crippen molar-refractivity contribution in [2.75, 3.05) is 11.9 Å². The molecule has 1 N–H and O–H groups in total. The second kappa shape index (κ2) is 5.58. The topological polar surface area (TPSA) is 66.5 Å². The van der Waals surface area contributed by atoms with E-state index in [9.17, 15) is 14.4 Å². The lowest BCUT2D eigenvalue weighted by atomic mass is 9.85. The summed E-state index contributed by atoms with van der Waals surface area (Å²) in [4.78, 5) is 38.6. The van der Waals surface area contributed by atoms with Crippen LogP contribution < -0.4 is 5.32 Å². The minimum atomic E-state index is -0.188. The Morgan fingerprint density at radius 2 is 1.75 bits per heavy atom. The number of allylic oxidation sites excluding steroid dienone is 2. The summed E-state index contributed by atoms with van der Waals surface area (Å²) in [5.74, 6) is -0.317. The largest absolute Gasteiger partial charge is 0.326 e. The van der Waals surface area contributed by atoms with Gasteiger partial charge in [0.25, 0.3) is 0 Å². The Bertz CT molecular complexity index is 725. The molecular weight excluding hydrogens is 304 g/mol. The molecule has 1 saturated heterocycles. The predicted octanol–water partition coefficient (Wildman–Crippen LogP) is 2.13. The Kier molecular flexibility index (Phi) is 3.52. The first-order chi connectivity index (χ1) is 11.6. The Labute approximate surface area is 140 Å². The molecule has 2 bridgehead atoms. The molecule has 124 valence electrons. The van der Waals surface area contributed by atoms with Crippen LogP contribution in [0.15, 0.2) is 36.4 Å². The van der Waals surface area contributed by atoms with Gasteiger partial charge in [0.2, 0.25) is 17.7 Å². The van der Waals surface area contributed by atoms with Gasteiger partial charge in [0.15, 0.2) is 0 Å². The quantitative estimate of drug-likeness (QED) is 0.681. The van der Waals surface area contributed by atoms with Crippen LogP contribution in [-0.2, 0) is 14.4 Å². The summed E-state index contributed by atoms with van der Waals surface area (Å²) in [7, 11) is 0. The number of carbonyl (C=O) groups excluding carboxylic acids is 3. The predicted molar refractivity (Wildman–Crippen MR) is 88.9 cm³/mol. The molecule has 1 saturated carbocycles. The first-order valence-electron chi connectivity index (χ1n) is 8.45. The maximum atomic E-state index is 12.6. The average Bonchev–Trinajstić information content (AvgIpc) is 3.23. The van der Waals surface area contributed by atoms with Gasteiger partial charge >= 0.3 is 0 Å². The SMILES string of the molecule is Cc1ccccc1NC(=O)CCN1C(=O)C2C3C=CC(C3)C2C1=O. The van der Waals surface area contributed by atoms with Gasteiger partial charge in [-0.2, -0.15) is 0 Å². The van der Waals surface area contributed by atoms with E-state index >= 15 is 0 Å².